The maximum Gasteiger partial charge on any atom is 0.247 e. The normalized spacial score (nSPS) is 13.3. The fourth-order valence-corrected chi connectivity index (χ4v) is 4.05. The minimum atomic E-state index is 0.0212. The first-order valence-corrected chi connectivity index (χ1v) is 10.9. The van der Waals surface area contributed by atoms with Gasteiger partial charge in [0.05, 0.1) is 18.7 Å². The van der Waals surface area contributed by atoms with Gasteiger partial charge in [0, 0.05) is 6.42 Å². The molecule has 1 amide bonds. The first-order chi connectivity index (χ1) is 15.1. The minimum absolute atomic E-state index is 0.0212. The van der Waals surface area contributed by atoms with Crippen LogP contribution in [0.5, 0.6) is 5.75 Å². The number of hydrogen-bond acceptors (Lipinski definition) is 3. The maximum absolute atomic E-state index is 12.8. The summed E-state index contributed by atoms with van der Waals surface area (Å²) in [6.07, 6.45) is 4.08. The lowest BCUT2D eigenvalue weighted by atomic mass is 9.95. The lowest BCUT2D eigenvalue weighted by molar-refractivity contribution is -0.130. The number of aryl methyl sites for hydroxylation is 3. The predicted octanol–water partition coefficient (Wildman–Crippen LogP) is 4.92. The van der Waals surface area contributed by atoms with Crippen LogP contribution < -0.4 is 0 Å². The van der Waals surface area contributed by atoms with Gasteiger partial charge in [-0.1, -0.05) is 55.5 Å². The van der Waals surface area contributed by atoms with Crippen LogP contribution in [-0.4, -0.2) is 28.3 Å². The second kappa shape index (κ2) is 9.61. The number of nitrogens with zero attached hydrogens (tertiary/aromatic N) is 2. The number of aromatic hydroxyl groups is 1. The van der Waals surface area contributed by atoms with Crippen molar-refractivity contribution in [1.82, 2.24) is 5.01 Å². The summed E-state index contributed by atoms with van der Waals surface area (Å²) in [6, 6.07) is 24.0. The fraction of sp³-hybridized carbons (Fsp3) is 0.259. The summed E-state index contributed by atoms with van der Waals surface area (Å²) >= 11 is 0. The Balaban J connectivity index is 1.40. The highest BCUT2D eigenvalue weighted by atomic mass is 16.3. The Labute approximate surface area is 183 Å². The van der Waals surface area contributed by atoms with Crippen molar-refractivity contribution in [3.8, 4) is 5.75 Å². The zero-order valence-corrected chi connectivity index (χ0v) is 17.9. The third-order valence-corrected chi connectivity index (χ3v) is 5.82. The molecular formula is C27H28N2O2. The molecule has 1 aliphatic heterocycles. The summed E-state index contributed by atoms with van der Waals surface area (Å²) in [6.45, 7) is 2.77. The van der Waals surface area contributed by atoms with Crippen molar-refractivity contribution in [2.45, 2.75) is 39.0 Å². The predicted molar refractivity (Wildman–Crippen MR) is 124 cm³/mol. The topological polar surface area (TPSA) is 52.9 Å². The van der Waals surface area contributed by atoms with Crippen LogP contribution in [0, 0.1) is 0 Å². The van der Waals surface area contributed by atoms with Crippen molar-refractivity contribution in [2.24, 2.45) is 5.10 Å². The van der Waals surface area contributed by atoms with E-state index in [0.717, 1.165) is 42.5 Å². The van der Waals surface area contributed by atoms with Gasteiger partial charge >= 0.3 is 0 Å². The van der Waals surface area contributed by atoms with Gasteiger partial charge in [0.25, 0.3) is 0 Å². The van der Waals surface area contributed by atoms with Gasteiger partial charge in [0.15, 0.2) is 0 Å². The van der Waals surface area contributed by atoms with Crippen LogP contribution >= 0.6 is 0 Å². The smallest absolute Gasteiger partial charge is 0.247 e. The van der Waals surface area contributed by atoms with Gasteiger partial charge in [-0.15, -0.1) is 0 Å². The van der Waals surface area contributed by atoms with Gasteiger partial charge in [0.2, 0.25) is 5.91 Å². The number of phenolic OH excluding ortho intramolecular Hbond substituents is 1. The third kappa shape index (κ3) is 5.21. The molecule has 4 rings (SSSR count). The number of rotatable bonds is 7. The molecule has 31 heavy (non-hydrogen) atoms. The Kier molecular flexibility index (Phi) is 6.46. The van der Waals surface area contributed by atoms with E-state index in [9.17, 15) is 9.90 Å². The molecule has 0 saturated heterocycles. The highest BCUT2D eigenvalue weighted by Gasteiger charge is 2.22. The van der Waals surface area contributed by atoms with E-state index in [-0.39, 0.29) is 11.7 Å². The molecule has 1 heterocycles. The van der Waals surface area contributed by atoms with Crippen LogP contribution in [-0.2, 0) is 30.5 Å². The van der Waals surface area contributed by atoms with Gasteiger partial charge in [-0.25, -0.2) is 5.01 Å². The van der Waals surface area contributed by atoms with Crippen LogP contribution in [0.2, 0.25) is 0 Å². The summed E-state index contributed by atoms with van der Waals surface area (Å²) in [5.74, 6) is 0.252. The Morgan fingerprint density at radius 3 is 2.45 bits per heavy atom. The van der Waals surface area contributed by atoms with Crippen LogP contribution in [0.25, 0.3) is 0 Å². The Morgan fingerprint density at radius 1 is 0.935 bits per heavy atom. The molecule has 4 heteroatoms. The van der Waals surface area contributed by atoms with Gasteiger partial charge in [0.1, 0.15) is 5.75 Å². The quantitative estimate of drug-likeness (QED) is 0.599. The van der Waals surface area contributed by atoms with Crippen molar-refractivity contribution in [3.63, 3.8) is 0 Å². The molecule has 158 valence electrons. The Hall–Kier alpha value is -3.40. The molecule has 0 fully saturated rings. The lowest BCUT2D eigenvalue weighted by Crippen LogP contribution is -2.25. The molecule has 0 radical (unpaired) electrons. The van der Waals surface area contributed by atoms with Crippen LogP contribution in [0.15, 0.2) is 77.9 Å². The van der Waals surface area contributed by atoms with Crippen molar-refractivity contribution < 1.29 is 9.90 Å². The van der Waals surface area contributed by atoms with Gasteiger partial charge in [-0.3, -0.25) is 4.79 Å². The van der Waals surface area contributed by atoms with E-state index in [2.05, 4.69) is 54.5 Å². The maximum atomic E-state index is 12.8. The van der Waals surface area contributed by atoms with E-state index in [0.29, 0.717) is 13.0 Å². The Bertz CT molecular complexity index is 1070. The summed E-state index contributed by atoms with van der Waals surface area (Å²) < 4.78 is 0. The lowest BCUT2D eigenvalue weighted by Gasteiger charge is -2.14. The molecule has 0 unspecified atom stereocenters. The zero-order chi connectivity index (χ0) is 21.6. The minimum Gasteiger partial charge on any atom is -0.508 e. The number of benzene rings is 3. The Morgan fingerprint density at radius 2 is 1.71 bits per heavy atom. The average molecular weight is 413 g/mol. The first kappa shape index (κ1) is 20.9. The van der Waals surface area contributed by atoms with Crippen LogP contribution in [0.1, 0.15) is 41.2 Å². The van der Waals surface area contributed by atoms with E-state index in [4.69, 9.17) is 0 Å². The number of carbonyl (C=O) groups is 1. The van der Waals surface area contributed by atoms with Gasteiger partial charge in [-0.05, 0) is 71.3 Å². The number of amides is 1. The molecule has 0 bridgehead atoms. The van der Waals surface area contributed by atoms with Crippen molar-refractivity contribution >= 4 is 11.6 Å². The number of carbonyl (C=O) groups excluding carboxylic acids is 1. The van der Waals surface area contributed by atoms with Crippen molar-refractivity contribution in [2.75, 3.05) is 6.54 Å². The summed E-state index contributed by atoms with van der Waals surface area (Å²) in [4.78, 5) is 12.8. The second-order valence-electron chi connectivity index (χ2n) is 7.98. The number of hydrogen-bond donors (Lipinski definition) is 1. The molecule has 3 aromatic rings. The van der Waals surface area contributed by atoms with E-state index in [1.807, 2.05) is 18.2 Å². The number of hydrazone groups is 1. The van der Waals surface area contributed by atoms with Gasteiger partial charge < -0.3 is 5.11 Å². The highest BCUT2D eigenvalue weighted by Crippen LogP contribution is 2.20. The monoisotopic (exact) mass is 412 g/mol. The molecule has 1 N–H and O–H groups in total. The average Bonchev–Trinajstić information content (AvgIpc) is 3.30. The molecule has 3 aromatic carbocycles. The zero-order valence-electron chi connectivity index (χ0n) is 17.9. The summed E-state index contributed by atoms with van der Waals surface area (Å²) in [7, 11) is 0. The third-order valence-electron chi connectivity index (χ3n) is 5.82. The first-order valence-electron chi connectivity index (χ1n) is 10.9. The second-order valence-corrected chi connectivity index (χ2v) is 7.98. The van der Waals surface area contributed by atoms with E-state index >= 15 is 0 Å². The van der Waals surface area contributed by atoms with Crippen LogP contribution in [0.3, 0.4) is 0 Å². The fourth-order valence-electron chi connectivity index (χ4n) is 4.05. The molecule has 1 aliphatic rings. The summed E-state index contributed by atoms with van der Waals surface area (Å²) in [5.41, 5.74) is 6.90. The highest BCUT2D eigenvalue weighted by molar-refractivity contribution is 6.02. The molecule has 0 aromatic heterocycles. The van der Waals surface area contributed by atoms with Crippen molar-refractivity contribution in [3.05, 3.63) is 101 Å². The molecular weight excluding hydrogens is 384 g/mol. The molecule has 0 spiro atoms. The number of phenols is 1. The van der Waals surface area contributed by atoms with E-state index in [1.54, 1.807) is 17.1 Å². The summed E-state index contributed by atoms with van der Waals surface area (Å²) in [5, 5.41) is 15.6. The molecule has 0 aliphatic carbocycles. The van der Waals surface area contributed by atoms with E-state index < -0.39 is 0 Å². The van der Waals surface area contributed by atoms with Gasteiger partial charge in [-0.2, -0.15) is 5.10 Å². The van der Waals surface area contributed by atoms with Crippen molar-refractivity contribution in [1.29, 1.82) is 0 Å². The molecule has 4 nitrogen and oxygen atoms in total. The SMILES string of the molecule is CCc1cc(CC(=O)N2CCC(c3ccc(O)cc3)=N2)ccc1CCc1ccccc1. The van der Waals surface area contributed by atoms with E-state index in [1.165, 1.54) is 16.7 Å². The largest absolute Gasteiger partial charge is 0.508 e. The standard InChI is InChI=1S/C27H28N2O2/c1-2-22-18-21(9-11-23(22)10-8-20-6-4-3-5-7-20)19-27(31)29-17-16-26(28-29)24-12-14-25(30)15-13-24/h3-7,9,11-15,18,30H,2,8,10,16-17,19H2,1H3. The molecule has 0 atom stereocenters. The van der Waals surface area contributed by atoms with Crippen LogP contribution in [0.4, 0.5) is 0 Å². The molecule has 0 saturated carbocycles.